The molecule has 96 valence electrons. The Bertz CT molecular complexity index is 350. The Morgan fingerprint density at radius 3 is 2.35 bits per heavy atom. The molecule has 0 amide bonds. The van der Waals surface area contributed by atoms with Gasteiger partial charge < -0.3 is 0 Å². The molecule has 0 atom stereocenters. The van der Waals surface area contributed by atoms with Gasteiger partial charge in [0.15, 0.2) is 0 Å². The normalized spacial score (nSPS) is 12.5. The van der Waals surface area contributed by atoms with Crippen LogP contribution in [0, 0.1) is 13.8 Å². The zero-order valence-corrected chi connectivity index (χ0v) is 14.7. The lowest BCUT2D eigenvalue weighted by molar-refractivity contribution is 0.911. The molecule has 0 aliphatic rings. The molecule has 1 aromatic carbocycles. The highest BCUT2D eigenvalue weighted by atomic mass is 28.4. The molecule has 0 nitrogen and oxygen atoms in total. The van der Waals surface area contributed by atoms with Crippen LogP contribution in [-0.4, -0.2) is 17.6 Å². The van der Waals surface area contributed by atoms with Crippen molar-refractivity contribution in [3.63, 3.8) is 0 Å². The molecule has 17 heavy (non-hydrogen) atoms. The molecule has 0 fully saturated rings. The predicted molar refractivity (Wildman–Crippen MR) is 85.7 cm³/mol. The summed E-state index contributed by atoms with van der Waals surface area (Å²) in [6.07, 6.45) is 2.71. The third kappa shape index (κ3) is 6.22. The molecule has 0 heterocycles. The first-order valence-corrected chi connectivity index (χ1v) is 12.7. The maximum atomic E-state index is 2.50. The highest BCUT2D eigenvalue weighted by molar-refractivity contribution is 6.83. The third-order valence-corrected chi connectivity index (χ3v) is 11.9. The second-order valence-corrected chi connectivity index (χ2v) is 15.1. The molecular formula is C15H28Si2. The summed E-state index contributed by atoms with van der Waals surface area (Å²) in [4.78, 5) is 0. The van der Waals surface area contributed by atoms with Crippen molar-refractivity contribution in [3.05, 3.63) is 34.9 Å². The van der Waals surface area contributed by atoms with Gasteiger partial charge in [-0.3, -0.25) is 0 Å². The molecule has 0 bridgehead atoms. The van der Waals surface area contributed by atoms with E-state index < -0.39 is 8.07 Å². The second kappa shape index (κ2) is 6.55. The first-order chi connectivity index (χ1) is 7.88. The van der Waals surface area contributed by atoms with E-state index in [-0.39, 0.29) is 9.52 Å². The molecule has 0 unspecified atom stereocenters. The fourth-order valence-corrected chi connectivity index (χ4v) is 7.97. The van der Waals surface area contributed by atoms with Crippen molar-refractivity contribution in [2.24, 2.45) is 0 Å². The average molecular weight is 265 g/mol. The van der Waals surface area contributed by atoms with Gasteiger partial charge in [-0.25, -0.2) is 0 Å². The first kappa shape index (κ1) is 14.7. The van der Waals surface area contributed by atoms with Crippen LogP contribution in [0.2, 0.25) is 31.4 Å². The van der Waals surface area contributed by atoms with Gasteiger partial charge in [-0.05, 0) is 37.0 Å². The van der Waals surface area contributed by atoms with E-state index >= 15 is 0 Å². The minimum absolute atomic E-state index is 0.235. The van der Waals surface area contributed by atoms with Crippen LogP contribution in [-0.2, 0) is 6.42 Å². The van der Waals surface area contributed by atoms with Gasteiger partial charge in [-0.1, -0.05) is 56.0 Å². The van der Waals surface area contributed by atoms with E-state index in [9.17, 15) is 0 Å². The van der Waals surface area contributed by atoms with E-state index in [1.807, 2.05) is 0 Å². The maximum absolute atomic E-state index is 2.50. The Morgan fingerprint density at radius 2 is 1.76 bits per heavy atom. The van der Waals surface area contributed by atoms with Crippen LogP contribution >= 0.6 is 0 Å². The van der Waals surface area contributed by atoms with Crippen molar-refractivity contribution in [2.45, 2.75) is 58.0 Å². The molecule has 0 aliphatic heterocycles. The van der Waals surface area contributed by atoms with Crippen molar-refractivity contribution in [1.29, 1.82) is 0 Å². The summed E-state index contributed by atoms with van der Waals surface area (Å²) >= 11 is 0. The summed E-state index contributed by atoms with van der Waals surface area (Å²) in [5.41, 5.74) is 6.03. The van der Waals surface area contributed by atoms with Gasteiger partial charge >= 0.3 is 0 Å². The lowest BCUT2D eigenvalue weighted by atomic mass is 10.0. The van der Waals surface area contributed by atoms with E-state index in [0.29, 0.717) is 0 Å². The summed E-state index contributed by atoms with van der Waals surface area (Å²) < 4.78 is 0. The van der Waals surface area contributed by atoms with Crippen LogP contribution in [0.25, 0.3) is 0 Å². The molecule has 0 saturated heterocycles. The van der Waals surface area contributed by atoms with Gasteiger partial charge in [0.25, 0.3) is 0 Å². The quantitative estimate of drug-likeness (QED) is 0.535. The van der Waals surface area contributed by atoms with Crippen LogP contribution in [0.3, 0.4) is 0 Å². The third-order valence-electron chi connectivity index (χ3n) is 3.46. The molecule has 0 aliphatic carbocycles. The Balaban J connectivity index is 2.25. The minimum atomic E-state index is -0.741. The molecule has 0 aromatic heterocycles. The minimum Gasteiger partial charge on any atom is -0.0698 e. The monoisotopic (exact) mass is 264 g/mol. The largest absolute Gasteiger partial charge is 0.0698 e. The molecule has 1 rings (SSSR count). The number of hydrogen-bond donors (Lipinski definition) is 0. The summed E-state index contributed by atoms with van der Waals surface area (Å²) in [5, 5.41) is 0. The van der Waals surface area contributed by atoms with Crippen LogP contribution in [0.15, 0.2) is 18.2 Å². The van der Waals surface area contributed by atoms with Gasteiger partial charge in [0, 0.05) is 17.6 Å². The summed E-state index contributed by atoms with van der Waals surface area (Å²) in [5.74, 6) is 0. The number of hydrogen-bond acceptors (Lipinski definition) is 0. The molecule has 0 radical (unpaired) electrons. The second-order valence-electron chi connectivity index (χ2n) is 6.54. The van der Waals surface area contributed by atoms with Crippen LogP contribution in [0.1, 0.15) is 23.1 Å². The Kier molecular flexibility index (Phi) is 5.67. The van der Waals surface area contributed by atoms with E-state index in [2.05, 4.69) is 51.7 Å². The first-order valence-electron chi connectivity index (χ1n) is 6.95. The van der Waals surface area contributed by atoms with Crippen LogP contribution in [0.5, 0.6) is 0 Å². The number of aryl methyl sites for hydroxylation is 3. The van der Waals surface area contributed by atoms with Gasteiger partial charge in [0.2, 0.25) is 0 Å². The van der Waals surface area contributed by atoms with Crippen molar-refractivity contribution in [3.8, 4) is 0 Å². The lowest BCUT2D eigenvalue weighted by Gasteiger charge is -2.14. The zero-order valence-electron chi connectivity index (χ0n) is 12.3. The van der Waals surface area contributed by atoms with Crippen molar-refractivity contribution < 1.29 is 0 Å². The van der Waals surface area contributed by atoms with Crippen LogP contribution in [0.4, 0.5) is 0 Å². The van der Waals surface area contributed by atoms with E-state index in [4.69, 9.17) is 0 Å². The summed E-state index contributed by atoms with van der Waals surface area (Å²) in [6, 6.07) is 8.49. The predicted octanol–water partition coefficient (Wildman–Crippen LogP) is 4.12. The fraction of sp³-hybridized carbons (Fsp3) is 0.600. The summed E-state index contributed by atoms with van der Waals surface area (Å²) in [7, 11) is -0.506. The Morgan fingerprint density at radius 1 is 1.06 bits per heavy atom. The Labute approximate surface area is 111 Å². The molecule has 0 saturated carbocycles. The molecule has 1 aromatic rings. The van der Waals surface area contributed by atoms with Crippen molar-refractivity contribution in [2.75, 3.05) is 0 Å². The topological polar surface area (TPSA) is 0 Å². The lowest BCUT2D eigenvalue weighted by Crippen LogP contribution is -2.22. The van der Waals surface area contributed by atoms with E-state index in [0.717, 1.165) is 0 Å². The SMILES string of the molecule is Cc1ccc(CCC[SiH2]C[Si](C)(C)C)cc1C. The highest BCUT2D eigenvalue weighted by Gasteiger charge is 2.11. The van der Waals surface area contributed by atoms with Gasteiger partial charge in [0.1, 0.15) is 0 Å². The maximum Gasteiger partial charge on any atom is 0.0411 e. The number of rotatable bonds is 6. The molecule has 2 heteroatoms. The van der Waals surface area contributed by atoms with Crippen molar-refractivity contribution >= 4 is 17.6 Å². The van der Waals surface area contributed by atoms with Gasteiger partial charge in [-0.2, -0.15) is 0 Å². The zero-order chi connectivity index (χ0) is 12.9. The molecule has 0 spiro atoms. The average Bonchev–Trinajstić information content (AvgIpc) is 2.21. The van der Waals surface area contributed by atoms with Crippen LogP contribution < -0.4 is 0 Å². The molecule has 0 N–H and O–H groups in total. The van der Waals surface area contributed by atoms with Crippen molar-refractivity contribution in [1.82, 2.24) is 0 Å². The van der Waals surface area contributed by atoms with Gasteiger partial charge in [-0.15, -0.1) is 0 Å². The highest BCUT2D eigenvalue weighted by Crippen LogP contribution is 2.13. The van der Waals surface area contributed by atoms with E-state index in [1.165, 1.54) is 35.6 Å². The smallest absolute Gasteiger partial charge is 0.0411 e. The number of benzene rings is 1. The Hall–Kier alpha value is -0.346. The van der Waals surface area contributed by atoms with E-state index in [1.54, 1.807) is 5.67 Å². The fourth-order valence-electron chi connectivity index (χ4n) is 2.12. The van der Waals surface area contributed by atoms with Gasteiger partial charge in [0.05, 0.1) is 0 Å². The molecular weight excluding hydrogens is 236 g/mol. The summed E-state index contributed by atoms with van der Waals surface area (Å²) in [6.45, 7) is 11.9. The standard InChI is InChI=1S/C15H28Si2/c1-13-8-9-15(11-14(13)2)7-6-10-16-12-17(3,4)5/h8-9,11H,6-7,10,12,16H2,1-5H3.